The van der Waals surface area contributed by atoms with Gasteiger partial charge in [-0.1, -0.05) is 42.3 Å². The first-order valence-electron chi connectivity index (χ1n) is 9.38. The van der Waals surface area contributed by atoms with Crippen LogP contribution in [-0.2, 0) is 0 Å². The zero-order valence-corrected chi connectivity index (χ0v) is 15.7. The summed E-state index contributed by atoms with van der Waals surface area (Å²) >= 11 is 0. The van der Waals surface area contributed by atoms with Gasteiger partial charge in [0.05, 0.1) is 17.9 Å². The molecule has 0 bridgehead atoms. The number of hydrogen-bond acceptors (Lipinski definition) is 2. The maximum atomic E-state index is 11.4. The standard InChI is InChI=1S/C24H19N3O2/c1-2-3-8-18-12-13-19(15-20(18)17-9-5-4-6-10-17)21-16-25-23(26-21)22-11-7-14-27(22)24(28)29/h1,4-6,9-10,12-13,15-16,22H,7,11,14H2,(H,25,26)(H,28,29)/t22-/m0/s1. The molecule has 1 aliphatic heterocycles. The lowest BCUT2D eigenvalue weighted by Crippen LogP contribution is -2.29. The molecule has 2 heterocycles. The highest BCUT2D eigenvalue weighted by molar-refractivity contribution is 5.77. The molecule has 0 unspecified atom stereocenters. The van der Waals surface area contributed by atoms with Crippen molar-refractivity contribution in [2.75, 3.05) is 6.54 Å². The molecule has 3 aromatic rings. The predicted molar refractivity (Wildman–Crippen MR) is 112 cm³/mol. The van der Waals surface area contributed by atoms with Gasteiger partial charge in [-0.15, -0.1) is 6.42 Å². The number of imidazole rings is 1. The molecule has 0 radical (unpaired) electrons. The van der Waals surface area contributed by atoms with Gasteiger partial charge < -0.3 is 10.1 Å². The minimum absolute atomic E-state index is 0.226. The molecule has 1 aromatic heterocycles. The Bertz CT molecular complexity index is 1150. The normalized spacial score (nSPS) is 15.4. The summed E-state index contributed by atoms with van der Waals surface area (Å²) in [6, 6.07) is 15.7. The first kappa shape index (κ1) is 18.4. The van der Waals surface area contributed by atoms with Crippen molar-refractivity contribution in [1.29, 1.82) is 0 Å². The first-order chi connectivity index (χ1) is 14.2. The number of carboxylic acid groups (broad SMARTS) is 1. The predicted octanol–water partition coefficient (Wildman–Crippen LogP) is 4.54. The number of likely N-dealkylation sites (tertiary alicyclic amines) is 1. The zero-order valence-electron chi connectivity index (χ0n) is 15.7. The van der Waals surface area contributed by atoms with Crippen LogP contribution in [-0.4, -0.2) is 32.6 Å². The third-order valence-electron chi connectivity index (χ3n) is 5.09. The zero-order chi connectivity index (χ0) is 20.2. The fourth-order valence-electron chi connectivity index (χ4n) is 3.71. The number of nitrogens with one attached hydrogen (secondary N) is 1. The van der Waals surface area contributed by atoms with E-state index < -0.39 is 6.09 Å². The van der Waals surface area contributed by atoms with Gasteiger partial charge in [-0.2, -0.15) is 0 Å². The third kappa shape index (κ3) is 3.72. The fourth-order valence-corrected chi connectivity index (χ4v) is 3.71. The molecule has 1 saturated heterocycles. The van der Waals surface area contributed by atoms with E-state index in [2.05, 4.69) is 33.8 Å². The topological polar surface area (TPSA) is 69.2 Å². The molecule has 29 heavy (non-hydrogen) atoms. The Labute approximate surface area is 169 Å². The summed E-state index contributed by atoms with van der Waals surface area (Å²) in [6.07, 6.45) is 7.76. The van der Waals surface area contributed by atoms with E-state index in [9.17, 15) is 9.90 Å². The van der Waals surface area contributed by atoms with E-state index in [1.54, 1.807) is 6.20 Å². The summed E-state index contributed by atoms with van der Waals surface area (Å²) in [5.74, 6) is 8.75. The largest absolute Gasteiger partial charge is 0.465 e. The second-order valence-electron chi connectivity index (χ2n) is 6.84. The number of aromatic nitrogens is 2. The van der Waals surface area contributed by atoms with Crippen LogP contribution < -0.4 is 0 Å². The summed E-state index contributed by atoms with van der Waals surface area (Å²) in [6.45, 7) is 0.538. The molecule has 1 fully saturated rings. The second-order valence-corrected chi connectivity index (χ2v) is 6.84. The van der Waals surface area contributed by atoms with E-state index in [-0.39, 0.29) is 6.04 Å². The van der Waals surface area contributed by atoms with Gasteiger partial charge in [-0.05, 0) is 47.9 Å². The molecular weight excluding hydrogens is 362 g/mol. The van der Waals surface area contributed by atoms with E-state index in [1.165, 1.54) is 4.90 Å². The lowest BCUT2D eigenvalue weighted by Gasteiger charge is -2.19. The molecule has 1 amide bonds. The van der Waals surface area contributed by atoms with Gasteiger partial charge in [0.2, 0.25) is 0 Å². The first-order valence-corrected chi connectivity index (χ1v) is 9.38. The van der Waals surface area contributed by atoms with E-state index in [0.29, 0.717) is 12.4 Å². The molecule has 0 spiro atoms. The Morgan fingerprint density at radius 1 is 1.21 bits per heavy atom. The number of terminal acetylenes is 1. The number of rotatable bonds is 3. The lowest BCUT2D eigenvalue weighted by molar-refractivity contribution is 0.139. The van der Waals surface area contributed by atoms with E-state index in [1.807, 2.05) is 42.5 Å². The number of nitrogens with zero attached hydrogens (tertiary/aromatic N) is 2. The van der Waals surface area contributed by atoms with Crippen LogP contribution in [0.1, 0.15) is 30.3 Å². The average Bonchev–Trinajstić information content (AvgIpc) is 3.42. The highest BCUT2D eigenvalue weighted by Gasteiger charge is 2.31. The summed E-state index contributed by atoms with van der Waals surface area (Å²) < 4.78 is 0. The number of hydrogen-bond donors (Lipinski definition) is 2. The Morgan fingerprint density at radius 2 is 2.03 bits per heavy atom. The highest BCUT2D eigenvalue weighted by Crippen LogP contribution is 2.33. The smallest absolute Gasteiger partial charge is 0.407 e. The van der Waals surface area contributed by atoms with E-state index in [0.717, 1.165) is 40.8 Å². The maximum Gasteiger partial charge on any atom is 0.407 e. The molecule has 2 N–H and O–H groups in total. The highest BCUT2D eigenvalue weighted by atomic mass is 16.4. The Hall–Kier alpha value is -3.96. The quantitative estimate of drug-likeness (QED) is 0.654. The molecule has 5 nitrogen and oxygen atoms in total. The van der Waals surface area contributed by atoms with Crippen LogP contribution in [0.2, 0.25) is 0 Å². The van der Waals surface area contributed by atoms with Crippen molar-refractivity contribution in [2.45, 2.75) is 18.9 Å². The lowest BCUT2D eigenvalue weighted by atomic mass is 9.96. The maximum absolute atomic E-state index is 11.4. The Kier molecular flexibility index (Phi) is 5.05. The number of aromatic amines is 1. The average molecular weight is 381 g/mol. The van der Waals surface area contributed by atoms with Crippen molar-refractivity contribution in [1.82, 2.24) is 14.9 Å². The molecular formula is C24H19N3O2. The van der Waals surface area contributed by atoms with Crippen LogP contribution in [0.3, 0.4) is 0 Å². The Balaban J connectivity index is 1.72. The van der Waals surface area contributed by atoms with Crippen molar-refractivity contribution in [2.24, 2.45) is 0 Å². The SMILES string of the molecule is C#CC#Cc1ccc(-c2cnc([C@@H]3CCCN3C(=O)O)[nH]2)cc1-c1ccccc1. The van der Waals surface area contributed by atoms with Gasteiger partial charge in [0.25, 0.3) is 0 Å². The summed E-state index contributed by atoms with van der Waals surface area (Å²) in [5.41, 5.74) is 4.67. The van der Waals surface area contributed by atoms with Crippen molar-refractivity contribution in [3.05, 3.63) is 66.1 Å². The van der Waals surface area contributed by atoms with Crippen LogP contribution in [0.15, 0.2) is 54.7 Å². The van der Waals surface area contributed by atoms with Gasteiger partial charge in [0.15, 0.2) is 0 Å². The number of H-pyrrole nitrogens is 1. The summed E-state index contributed by atoms with van der Waals surface area (Å²) in [4.78, 5) is 20.7. The molecule has 0 saturated carbocycles. The number of amides is 1. The van der Waals surface area contributed by atoms with Crippen LogP contribution >= 0.6 is 0 Å². The van der Waals surface area contributed by atoms with Crippen molar-refractivity contribution < 1.29 is 9.90 Å². The number of carbonyl (C=O) groups is 1. The van der Waals surface area contributed by atoms with Crippen LogP contribution in [0, 0.1) is 24.2 Å². The minimum atomic E-state index is -0.909. The molecule has 0 aliphatic carbocycles. The van der Waals surface area contributed by atoms with Crippen LogP contribution in [0.5, 0.6) is 0 Å². The van der Waals surface area contributed by atoms with Crippen molar-refractivity contribution in [3.63, 3.8) is 0 Å². The number of benzene rings is 2. The molecule has 2 aromatic carbocycles. The third-order valence-corrected chi connectivity index (χ3v) is 5.09. The molecule has 142 valence electrons. The Morgan fingerprint density at radius 3 is 2.79 bits per heavy atom. The second kappa shape index (κ2) is 7.96. The van der Waals surface area contributed by atoms with Gasteiger partial charge in [-0.3, -0.25) is 4.90 Å². The molecule has 1 aliphatic rings. The van der Waals surface area contributed by atoms with Gasteiger partial charge >= 0.3 is 6.09 Å². The molecule has 5 heteroatoms. The van der Waals surface area contributed by atoms with Gasteiger partial charge in [0.1, 0.15) is 5.82 Å². The van der Waals surface area contributed by atoms with Crippen LogP contribution in [0.25, 0.3) is 22.4 Å². The van der Waals surface area contributed by atoms with Crippen molar-refractivity contribution in [3.8, 4) is 46.6 Å². The van der Waals surface area contributed by atoms with E-state index >= 15 is 0 Å². The van der Waals surface area contributed by atoms with Gasteiger partial charge in [0, 0.05) is 17.7 Å². The minimum Gasteiger partial charge on any atom is -0.465 e. The summed E-state index contributed by atoms with van der Waals surface area (Å²) in [5, 5.41) is 9.39. The van der Waals surface area contributed by atoms with Gasteiger partial charge in [-0.25, -0.2) is 9.78 Å². The monoisotopic (exact) mass is 381 g/mol. The fraction of sp³-hybridized carbons (Fsp3) is 0.167. The van der Waals surface area contributed by atoms with Crippen molar-refractivity contribution >= 4 is 6.09 Å². The summed E-state index contributed by atoms with van der Waals surface area (Å²) in [7, 11) is 0. The van der Waals surface area contributed by atoms with E-state index in [4.69, 9.17) is 6.42 Å². The molecule has 1 atom stereocenters. The molecule has 4 rings (SSSR count). The van der Waals surface area contributed by atoms with Crippen LogP contribution in [0.4, 0.5) is 4.79 Å².